The van der Waals surface area contributed by atoms with E-state index in [1.54, 1.807) is 30.5 Å². The number of fused-ring (bicyclic) bond motifs is 2. The number of thioether (sulfide) groups is 1. The minimum absolute atomic E-state index is 0.134. The molecular formula is C23H24N6O4S2. The highest BCUT2D eigenvalue weighted by Crippen LogP contribution is 2.38. The fourth-order valence-corrected chi connectivity index (χ4v) is 5.65. The molecule has 0 aliphatic carbocycles. The molecule has 10 nitrogen and oxygen atoms in total. The fourth-order valence-electron chi connectivity index (χ4n) is 3.81. The number of hydrogen-bond donors (Lipinski definition) is 0. The van der Waals surface area contributed by atoms with Crippen LogP contribution in [-0.2, 0) is 0 Å². The molecule has 35 heavy (non-hydrogen) atoms. The molecule has 3 aromatic heterocycles. The van der Waals surface area contributed by atoms with E-state index in [9.17, 15) is 0 Å². The standard InChI is InChI=1S/C23H24N6O4S2/c1-27(7-5-6-24)23-28(2)14(13-34-23)12-32-18-8-15(30-3)9-19-16(18)10-20(33-19)17-11-29-21(25-17)35-22(26-29)31-4/h8-11,13,23H,5,7,12H2,1-4H3. The predicted octanol–water partition coefficient (Wildman–Crippen LogP) is 4.25. The van der Waals surface area contributed by atoms with Crippen LogP contribution in [-0.4, -0.2) is 71.4 Å². The van der Waals surface area contributed by atoms with Gasteiger partial charge in [0.2, 0.25) is 4.96 Å². The van der Waals surface area contributed by atoms with Gasteiger partial charge in [-0.1, -0.05) is 11.8 Å². The van der Waals surface area contributed by atoms with Gasteiger partial charge >= 0.3 is 0 Å². The molecule has 1 aromatic carbocycles. The third-order valence-electron chi connectivity index (χ3n) is 5.70. The van der Waals surface area contributed by atoms with Gasteiger partial charge in [-0.25, -0.2) is 9.50 Å². The van der Waals surface area contributed by atoms with Gasteiger partial charge in [-0.15, -0.1) is 5.10 Å². The van der Waals surface area contributed by atoms with Gasteiger partial charge in [-0.2, -0.15) is 5.26 Å². The van der Waals surface area contributed by atoms with Crippen LogP contribution in [0.3, 0.4) is 0 Å². The maximum Gasteiger partial charge on any atom is 0.294 e. The Labute approximate surface area is 210 Å². The monoisotopic (exact) mass is 512 g/mol. The summed E-state index contributed by atoms with van der Waals surface area (Å²) in [6.45, 7) is 1.10. The molecule has 0 N–H and O–H groups in total. The van der Waals surface area contributed by atoms with Crippen molar-refractivity contribution in [3.8, 4) is 34.2 Å². The Balaban J connectivity index is 1.37. The van der Waals surface area contributed by atoms with E-state index < -0.39 is 0 Å². The Morgan fingerprint density at radius 1 is 1.26 bits per heavy atom. The summed E-state index contributed by atoms with van der Waals surface area (Å²) < 4.78 is 24.7. The van der Waals surface area contributed by atoms with E-state index in [1.807, 2.05) is 38.5 Å². The quantitative estimate of drug-likeness (QED) is 0.323. The van der Waals surface area contributed by atoms with Crippen molar-refractivity contribution < 1.29 is 18.6 Å². The first-order valence-corrected chi connectivity index (χ1v) is 12.6. The summed E-state index contributed by atoms with van der Waals surface area (Å²) in [7, 11) is 7.25. The van der Waals surface area contributed by atoms with Crippen LogP contribution in [0.2, 0.25) is 0 Å². The summed E-state index contributed by atoms with van der Waals surface area (Å²) in [5, 5.41) is 16.7. The van der Waals surface area contributed by atoms with Crippen LogP contribution >= 0.6 is 23.1 Å². The summed E-state index contributed by atoms with van der Waals surface area (Å²) in [6, 6.07) is 7.82. The normalized spacial score (nSPS) is 15.7. The van der Waals surface area contributed by atoms with Crippen molar-refractivity contribution in [2.75, 3.05) is 41.5 Å². The highest BCUT2D eigenvalue weighted by molar-refractivity contribution is 8.02. The highest BCUT2D eigenvalue weighted by atomic mass is 32.2. The Hall–Kier alpha value is -3.40. The van der Waals surface area contributed by atoms with Crippen LogP contribution < -0.4 is 14.2 Å². The number of rotatable bonds is 9. The Morgan fingerprint density at radius 2 is 2.11 bits per heavy atom. The number of ether oxygens (including phenoxy) is 3. The molecule has 0 saturated heterocycles. The van der Waals surface area contributed by atoms with E-state index in [2.05, 4.69) is 31.4 Å². The SMILES string of the molecule is COc1cc(OCC2=CSC(N(C)CCC#N)N2C)c2cc(-c3cn4nc(OC)sc4n3)oc2c1. The lowest BCUT2D eigenvalue weighted by molar-refractivity contribution is 0.177. The fraction of sp³-hybridized carbons (Fsp3) is 0.348. The number of nitriles is 1. The molecule has 1 unspecified atom stereocenters. The summed E-state index contributed by atoms with van der Waals surface area (Å²) in [5.41, 5.74) is 2.51. The third-order valence-corrected chi connectivity index (χ3v) is 7.91. The van der Waals surface area contributed by atoms with Crippen LogP contribution in [0.4, 0.5) is 0 Å². The zero-order chi connectivity index (χ0) is 24.5. The Bertz CT molecular complexity index is 1400. The highest BCUT2D eigenvalue weighted by Gasteiger charge is 2.27. The van der Waals surface area contributed by atoms with Crippen molar-refractivity contribution in [2.45, 2.75) is 11.9 Å². The van der Waals surface area contributed by atoms with Gasteiger partial charge in [0.1, 0.15) is 34.9 Å². The summed E-state index contributed by atoms with van der Waals surface area (Å²) in [6.07, 6.45) is 2.30. The molecule has 0 radical (unpaired) electrons. The van der Waals surface area contributed by atoms with Gasteiger partial charge in [0.05, 0.1) is 37.6 Å². The number of aromatic nitrogens is 3. The van der Waals surface area contributed by atoms with Gasteiger partial charge in [0, 0.05) is 32.1 Å². The molecule has 0 fully saturated rings. The van der Waals surface area contributed by atoms with E-state index in [1.165, 1.54) is 11.3 Å². The summed E-state index contributed by atoms with van der Waals surface area (Å²) in [4.78, 5) is 9.65. The molecule has 1 atom stereocenters. The van der Waals surface area contributed by atoms with Gasteiger partial charge in [-0.3, -0.25) is 4.90 Å². The number of hydrogen-bond acceptors (Lipinski definition) is 11. The number of imidazole rings is 1. The first-order valence-electron chi connectivity index (χ1n) is 10.8. The van der Waals surface area contributed by atoms with Crippen LogP contribution in [0, 0.1) is 11.3 Å². The van der Waals surface area contributed by atoms with Gasteiger partial charge in [-0.05, 0) is 29.9 Å². The molecule has 5 rings (SSSR count). The minimum atomic E-state index is 0.134. The average Bonchev–Trinajstić information content (AvgIpc) is 3.62. The second-order valence-corrected chi connectivity index (χ2v) is 9.78. The second-order valence-electron chi connectivity index (χ2n) is 7.93. The Kier molecular flexibility index (Phi) is 6.46. The molecule has 0 saturated carbocycles. The molecule has 4 heterocycles. The molecule has 4 aromatic rings. The van der Waals surface area contributed by atoms with Crippen LogP contribution in [0.1, 0.15) is 6.42 Å². The van der Waals surface area contributed by atoms with E-state index >= 15 is 0 Å². The van der Waals surface area contributed by atoms with Crippen molar-refractivity contribution >= 4 is 39.0 Å². The first-order chi connectivity index (χ1) is 17.0. The lowest BCUT2D eigenvalue weighted by atomic mass is 10.2. The minimum Gasteiger partial charge on any atom is -0.496 e. The largest absolute Gasteiger partial charge is 0.496 e. The number of benzene rings is 1. The third kappa shape index (κ3) is 4.50. The summed E-state index contributed by atoms with van der Waals surface area (Å²) in [5.74, 6) is 1.92. The molecule has 0 bridgehead atoms. The van der Waals surface area contributed by atoms with E-state index in [4.69, 9.17) is 23.9 Å². The lowest BCUT2D eigenvalue weighted by Gasteiger charge is -2.31. The molecule has 12 heteroatoms. The zero-order valence-corrected chi connectivity index (χ0v) is 21.4. The van der Waals surface area contributed by atoms with Crippen LogP contribution in [0.15, 0.2) is 39.9 Å². The molecule has 0 spiro atoms. The van der Waals surface area contributed by atoms with E-state index in [0.29, 0.717) is 58.3 Å². The Morgan fingerprint density at radius 3 is 2.86 bits per heavy atom. The number of furan rings is 1. The van der Waals surface area contributed by atoms with Gasteiger partial charge in [0.15, 0.2) is 5.76 Å². The van der Waals surface area contributed by atoms with Crippen molar-refractivity contribution in [3.05, 3.63) is 35.5 Å². The molecule has 1 aliphatic heterocycles. The number of likely N-dealkylation sites (N-methyl/N-ethyl adjacent to an activating group) is 1. The molecule has 1 aliphatic rings. The maximum absolute atomic E-state index is 8.88. The van der Waals surface area contributed by atoms with E-state index in [-0.39, 0.29) is 5.50 Å². The van der Waals surface area contributed by atoms with Gasteiger partial charge in [0.25, 0.3) is 5.19 Å². The zero-order valence-electron chi connectivity index (χ0n) is 19.7. The van der Waals surface area contributed by atoms with E-state index in [0.717, 1.165) is 11.1 Å². The lowest BCUT2D eigenvalue weighted by Crippen LogP contribution is -2.40. The van der Waals surface area contributed by atoms with Crippen LogP contribution in [0.5, 0.6) is 16.7 Å². The smallest absolute Gasteiger partial charge is 0.294 e. The predicted molar refractivity (Wildman–Crippen MR) is 135 cm³/mol. The van der Waals surface area contributed by atoms with Crippen molar-refractivity contribution in [1.82, 2.24) is 24.4 Å². The molecular weight excluding hydrogens is 488 g/mol. The summed E-state index contributed by atoms with van der Waals surface area (Å²) >= 11 is 3.06. The van der Waals surface area contributed by atoms with Crippen molar-refractivity contribution in [2.24, 2.45) is 0 Å². The molecule has 182 valence electrons. The average molecular weight is 513 g/mol. The maximum atomic E-state index is 8.88. The van der Waals surface area contributed by atoms with Crippen LogP contribution in [0.25, 0.3) is 27.4 Å². The van der Waals surface area contributed by atoms with Crippen molar-refractivity contribution in [1.29, 1.82) is 5.26 Å². The van der Waals surface area contributed by atoms with Gasteiger partial charge < -0.3 is 23.5 Å². The second kappa shape index (κ2) is 9.69. The topological polar surface area (TPSA) is 101 Å². The van der Waals surface area contributed by atoms with Crippen molar-refractivity contribution in [3.63, 3.8) is 0 Å². The number of nitrogens with zero attached hydrogens (tertiary/aromatic N) is 6. The molecule has 0 amide bonds. The first kappa shape index (κ1) is 23.3. The number of methoxy groups -OCH3 is 2.